The first-order valence-electron chi connectivity index (χ1n) is 18.6. The lowest BCUT2D eigenvalue weighted by Crippen LogP contribution is -2.35. The van der Waals surface area contributed by atoms with Crippen LogP contribution >= 0.6 is 23.5 Å². The third-order valence-corrected chi connectivity index (χ3v) is 13.4. The number of carbonyl (C=O) groups excluding carboxylic acids is 2. The maximum absolute atomic E-state index is 13.1. The third-order valence-electron chi connectivity index (χ3n) is 10.8. The molecule has 4 rings (SSSR count). The SMILES string of the molecule is CC1=C([C@@H](C)SC[C@H](N)C(=O)O)C(=O)N[C@@H]1Cc1[nH]c(/C=c2\[nH]/c(=C/C3=NC(=O)[C@@H](C)[C@H]3[C@@H](C)SC[C@H](N)C(=O)O)c(C)c2CCC(=O)O)c(CCC(=O)O)c1C. The molecule has 11 N–H and O–H groups in total. The molecule has 4 heterocycles. The van der Waals surface area contributed by atoms with Crippen LogP contribution < -0.4 is 27.5 Å². The van der Waals surface area contributed by atoms with Gasteiger partial charge in [-0.1, -0.05) is 13.8 Å². The Balaban J connectivity index is 1.77. The van der Waals surface area contributed by atoms with Gasteiger partial charge in [0.15, 0.2) is 0 Å². The van der Waals surface area contributed by atoms with E-state index in [1.807, 2.05) is 40.7 Å². The van der Waals surface area contributed by atoms with Crippen LogP contribution in [-0.4, -0.2) is 112 Å². The maximum atomic E-state index is 13.1. The predicted octanol–water partition coefficient (Wildman–Crippen LogP) is 1.26. The van der Waals surface area contributed by atoms with Crippen LogP contribution in [0.25, 0.3) is 12.2 Å². The number of carbonyl (C=O) groups is 6. The van der Waals surface area contributed by atoms with E-state index < -0.39 is 41.9 Å². The van der Waals surface area contributed by atoms with Crippen molar-refractivity contribution in [2.75, 3.05) is 11.5 Å². The predicted molar refractivity (Wildman–Crippen MR) is 219 cm³/mol. The number of nitrogens with one attached hydrogen (secondary N) is 3. The van der Waals surface area contributed by atoms with Gasteiger partial charge < -0.3 is 47.2 Å². The largest absolute Gasteiger partial charge is 0.481 e. The number of thioether (sulfide) groups is 2. The molecule has 2 aromatic heterocycles. The number of aromatic nitrogens is 2. The smallest absolute Gasteiger partial charge is 0.321 e. The molecule has 2 aromatic rings. The Morgan fingerprint density at radius 2 is 1.40 bits per heavy atom. The summed E-state index contributed by atoms with van der Waals surface area (Å²) in [5.74, 6) is -5.27. The van der Waals surface area contributed by atoms with Gasteiger partial charge in [0.25, 0.3) is 0 Å². The fourth-order valence-corrected chi connectivity index (χ4v) is 9.67. The van der Waals surface area contributed by atoms with E-state index in [-0.39, 0.29) is 71.5 Å². The Morgan fingerprint density at radius 3 is 1.98 bits per heavy atom. The van der Waals surface area contributed by atoms with Crippen LogP contribution in [-0.2, 0) is 48.0 Å². The Labute approximate surface area is 338 Å². The molecule has 0 radical (unpaired) electrons. The lowest BCUT2D eigenvalue weighted by atomic mass is 9.89. The van der Waals surface area contributed by atoms with Gasteiger partial charge in [-0.15, -0.1) is 0 Å². The van der Waals surface area contributed by atoms with Crippen LogP contribution in [0.15, 0.2) is 16.1 Å². The van der Waals surface area contributed by atoms with Gasteiger partial charge in [-0.3, -0.25) is 28.8 Å². The molecule has 310 valence electrons. The minimum absolute atomic E-state index is 0.132. The van der Waals surface area contributed by atoms with Crippen molar-refractivity contribution in [2.24, 2.45) is 28.3 Å². The average molecular weight is 829 g/mol. The van der Waals surface area contributed by atoms with Crippen molar-refractivity contribution in [2.45, 2.75) is 102 Å². The highest BCUT2D eigenvalue weighted by Gasteiger charge is 2.38. The number of aliphatic imine (C=N–C) groups is 1. The van der Waals surface area contributed by atoms with Crippen LogP contribution in [0.2, 0.25) is 0 Å². The normalized spacial score (nSPS) is 21.1. The maximum Gasteiger partial charge on any atom is 0.321 e. The average Bonchev–Trinajstić information content (AvgIpc) is 3.79. The molecule has 2 aliphatic rings. The second-order valence-electron chi connectivity index (χ2n) is 14.7. The molecule has 0 unspecified atom stereocenters. The number of amides is 2. The van der Waals surface area contributed by atoms with E-state index in [9.17, 15) is 49.2 Å². The number of rotatable bonds is 20. The summed E-state index contributed by atoms with van der Waals surface area (Å²) in [6.07, 6.45) is 4.03. The molecule has 0 bridgehead atoms. The number of hydrogen-bond acceptors (Lipinski definition) is 10. The summed E-state index contributed by atoms with van der Waals surface area (Å²) in [5.41, 5.74) is 17.7. The van der Waals surface area contributed by atoms with Crippen molar-refractivity contribution >= 4 is 77.1 Å². The zero-order valence-electron chi connectivity index (χ0n) is 32.8. The van der Waals surface area contributed by atoms with Gasteiger partial charge in [0.1, 0.15) is 12.1 Å². The van der Waals surface area contributed by atoms with E-state index in [4.69, 9.17) is 11.5 Å². The molecule has 57 heavy (non-hydrogen) atoms. The minimum Gasteiger partial charge on any atom is -0.481 e. The van der Waals surface area contributed by atoms with Crippen molar-refractivity contribution < 1.29 is 49.2 Å². The monoisotopic (exact) mass is 828 g/mol. The van der Waals surface area contributed by atoms with Crippen LogP contribution in [0.1, 0.15) is 74.2 Å². The third kappa shape index (κ3) is 10.9. The van der Waals surface area contributed by atoms with Gasteiger partial charge in [0.2, 0.25) is 11.8 Å². The van der Waals surface area contributed by atoms with Gasteiger partial charge in [-0.25, -0.2) is 4.99 Å². The van der Waals surface area contributed by atoms with Gasteiger partial charge in [0, 0.05) is 80.8 Å². The van der Waals surface area contributed by atoms with Crippen molar-refractivity contribution in [1.29, 1.82) is 0 Å². The van der Waals surface area contributed by atoms with Crippen molar-refractivity contribution in [3.8, 4) is 0 Å². The molecule has 0 spiro atoms. The fraction of sp³-hybridized carbons (Fsp3) is 0.513. The van der Waals surface area contributed by atoms with Crippen LogP contribution in [0, 0.1) is 25.7 Å². The van der Waals surface area contributed by atoms with Gasteiger partial charge >= 0.3 is 23.9 Å². The van der Waals surface area contributed by atoms with E-state index in [1.165, 1.54) is 23.5 Å². The number of carboxylic acid groups (broad SMARTS) is 4. The Morgan fingerprint density at radius 1 is 0.825 bits per heavy atom. The van der Waals surface area contributed by atoms with E-state index in [1.54, 1.807) is 13.0 Å². The van der Waals surface area contributed by atoms with Crippen LogP contribution in [0.4, 0.5) is 0 Å². The highest BCUT2D eigenvalue weighted by Crippen LogP contribution is 2.34. The number of aliphatic carboxylic acids is 4. The zero-order valence-corrected chi connectivity index (χ0v) is 34.4. The standard InChI is InChI=1S/C39H52N6O10S2/c1-16-22(7-9-32(46)47)29(42-26(16)11-28-18(3)35(37(51)44-28)21(6)57-15-25(41)39(54)55)13-30-23(8-10-33(48)49)17(2)27(43-30)12-31-34(19(4)36(50)45-31)20(5)56-14-24(40)38(52)53/h12-13,19-21,24-25,28,34,42-43H,7-11,14-15,40-41H2,1-6H3,(H,44,51)(H,46,47)(H,48,49)(H,52,53)(H,54,55)/b27-12+,30-13-/t19-,20+,21+,24-,25-,28+,34-/m0/s1. The van der Waals surface area contributed by atoms with E-state index >= 15 is 0 Å². The summed E-state index contributed by atoms with van der Waals surface area (Å²) >= 11 is 2.63. The molecular weight excluding hydrogens is 777 g/mol. The molecule has 0 aliphatic carbocycles. The summed E-state index contributed by atoms with van der Waals surface area (Å²) in [7, 11) is 0. The number of nitrogens with zero attached hydrogens (tertiary/aromatic N) is 1. The molecule has 2 aliphatic heterocycles. The molecule has 0 aromatic carbocycles. The molecule has 7 atom stereocenters. The lowest BCUT2D eigenvalue weighted by Gasteiger charge is -2.23. The van der Waals surface area contributed by atoms with Crippen molar-refractivity contribution in [1.82, 2.24) is 15.3 Å². The lowest BCUT2D eigenvalue weighted by molar-refractivity contribution is -0.138. The molecule has 0 saturated carbocycles. The first-order chi connectivity index (χ1) is 26.7. The summed E-state index contributed by atoms with van der Waals surface area (Å²) in [5, 5.41) is 41.4. The zero-order chi connectivity index (χ0) is 42.5. The van der Waals surface area contributed by atoms with Gasteiger partial charge in [-0.2, -0.15) is 23.5 Å². The number of hydrogen-bond donors (Lipinski definition) is 9. The van der Waals surface area contributed by atoms with E-state index in [2.05, 4.69) is 20.3 Å². The topological polar surface area (TPSA) is 291 Å². The second kappa shape index (κ2) is 19.2. The minimum atomic E-state index is -1.12. The number of carboxylic acids is 4. The quantitative estimate of drug-likeness (QED) is 0.0909. The fourth-order valence-electron chi connectivity index (χ4n) is 7.34. The number of aromatic amines is 2. The van der Waals surface area contributed by atoms with Crippen LogP contribution in [0.3, 0.4) is 0 Å². The molecule has 0 fully saturated rings. The number of nitrogens with two attached hydrogens (primary N) is 2. The number of H-pyrrole nitrogens is 2. The van der Waals surface area contributed by atoms with Crippen molar-refractivity contribution in [3.63, 3.8) is 0 Å². The molecule has 2 amide bonds. The molecule has 18 heteroatoms. The molecule has 0 saturated heterocycles. The van der Waals surface area contributed by atoms with E-state index in [0.717, 1.165) is 28.0 Å². The summed E-state index contributed by atoms with van der Waals surface area (Å²) in [6.45, 7) is 11.1. The highest BCUT2D eigenvalue weighted by molar-refractivity contribution is 8.00. The van der Waals surface area contributed by atoms with Gasteiger partial charge in [0.05, 0.1) is 11.8 Å². The Hall–Kier alpha value is -4.65. The Kier molecular flexibility index (Phi) is 15.2. The Bertz CT molecular complexity index is 2120. The molecule has 16 nitrogen and oxygen atoms in total. The van der Waals surface area contributed by atoms with Crippen molar-refractivity contribution in [3.05, 3.63) is 55.5 Å². The highest BCUT2D eigenvalue weighted by atomic mass is 32.2. The van der Waals surface area contributed by atoms with Gasteiger partial charge in [-0.05, 0) is 80.5 Å². The van der Waals surface area contributed by atoms with E-state index in [0.29, 0.717) is 39.7 Å². The molecular formula is C39H52N6O10S2. The second-order valence-corrected chi connectivity index (χ2v) is 17.5. The first kappa shape index (κ1) is 45.1. The summed E-state index contributed by atoms with van der Waals surface area (Å²) in [6, 6.07) is -2.51. The summed E-state index contributed by atoms with van der Waals surface area (Å²) < 4.78 is 0. The van der Waals surface area contributed by atoms with Crippen LogP contribution in [0.5, 0.6) is 0 Å². The first-order valence-corrected chi connectivity index (χ1v) is 20.7. The summed E-state index contributed by atoms with van der Waals surface area (Å²) in [4.78, 5) is 83.3.